The maximum atomic E-state index is 13.4. The Morgan fingerprint density at radius 1 is 1.12 bits per heavy atom. The Hall–Kier alpha value is -3.06. The largest absolute Gasteiger partial charge is 0.353 e. The van der Waals surface area contributed by atoms with Crippen LogP contribution in [0.1, 0.15) is 11.5 Å². The molecule has 4 rings (SSSR count). The maximum Gasteiger partial charge on any atom is 0.261 e. The van der Waals surface area contributed by atoms with E-state index in [9.17, 15) is 4.39 Å². The number of hydrogen-bond donors (Lipinski definition) is 1. The number of rotatable bonds is 3. The fourth-order valence-electron chi connectivity index (χ4n) is 2.60. The van der Waals surface area contributed by atoms with Gasteiger partial charge < -0.3 is 9.84 Å². The minimum atomic E-state index is -0.412. The zero-order valence-electron chi connectivity index (χ0n) is 13.9. The van der Waals surface area contributed by atoms with Crippen LogP contribution < -0.4 is 5.32 Å². The average molecular weight is 370 g/mol. The van der Waals surface area contributed by atoms with Gasteiger partial charge in [0.25, 0.3) is 5.89 Å². The van der Waals surface area contributed by atoms with Crippen molar-refractivity contribution < 1.29 is 8.91 Å². The van der Waals surface area contributed by atoms with Gasteiger partial charge in [0.2, 0.25) is 0 Å². The number of fused-ring (bicyclic) bond motifs is 1. The molecule has 0 fully saturated rings. The van der Waals surface area contributed by atoms with E-state index in [0.717, 1.165) is 11.1 Å². The van der Waals surface area contributed by atoms with Gasteiger partial charge in [-0.15, -0.1) is 0 Å². The predicted octanol–water partition coefficient (Wildman–Crippen LogP) is 4.83. The number of hydrogen-bond acceptors (Lipinski definition) is 6. The van der Waals surface area contributed by atoms with E-state index >= 15 is 0 Å². The van der Waals surface area contributed by atoms with Crippen LogP contribution in [0.5, 0.6) is 0 Å². The number of aromatic nitrogens is 4. The van der Waals surface area contributed by atoms with Gasteiger partial charge in [-0.25, -0.2) is 14.4 Å². The molecule has 0 atom stereocenters. The number of benzene rings is 1. The predicted molar refractivity (Wildman–Crippen MR) is 97.0 cm³/mol. The van der Waals surface area contributed by atoms with Crippen molar-refractivity contribution in [2.45, 2.75) is 13.8 Å². The SMILES string of the molecule is Cc1ccc2c(Nc3ccc(F)cc3Cl)c(-c3nc(C)no3)cnc2n1. The first-order valence-corrected chi connectivity index (χ1v) is 8.18. The van der Waals surface area contributed by atoms with Gasteiger partial charge in [-0.05, 0) is 44.2 Å². The summed E-state index contributed by atoms with van der Waals surface area (Å²) in [7, 11) is 0. The van der Waals surface area contributed by atoms with E-state index < -0.39 is 5.82 Å². The molecule has 0 aliphatic carbocycles. The van der Waals surface area contributed by atoms with Crippen LogP contribution >= 0.6 is 11.6 Å². The minimum Gasteiger partial charge on any atom is -0.353 e. The highest BCUT2D eigenvalue weighted by molar-refractivity contribution is 6.33. The molecule has 0 saturated heterocycles. The van der Waals surface area contributed by atoms with E-state index in [0.29, 0.717) is 34.3 Å². The molecule has 0 amide bonds. The van der Waals surface area contributed by atoms with E-state index in [1.54, 1.807) is 19.2 Å². The summed E-state index contributed by atoms with van der Waals surface area (Å²) in [6.45, 7) is 3.62. The van der Waals surface area contributed by atoms with Crippen LogP contribution in [-0.4, -0.2) is 20.1 Å². The standard InChI is InChI=1S/C18H13ClFN5O/c1-9-3-5-12-16(24-15-6-4-11(20)7-14(15)19)13(8-21-17(12)22-9)18-23-10(2)25-26-18/h3-8H,1-2H3,(H,21,22,24). The van der Waals surface area contributed by atoms with Crippen LogP contribution in [0.2, 0.25) is 5.02 Å². The molecule has 0 aliphatic rings. The highest BCUT2D eigenvalue weighted by Crippen LogP contribution is 2.36. The lowest BCUT2D eigenvalue weighted by Gasteiger charge is -2.14. The smallest absolute Gasteiger partial charge is 0.261 e. The fourth-order valence-corrected chi connectivity index (χ4v) is 2.82. The maximum absolute atomic E-state index is 13.4. The molecule has 0 spiro atoms. The number of halogens is 2. The second-order valence-corrected chi connectivity index (χ2v) is 6.17. The number of pyridine rings is 2. The van der Waals surface area contributed by atoms with Gasteiger partial charge >= 0.3 is 0 Å². The Bertz CT molecular complexity index is 1130. The summed E-state index contributed by atoms with van der Waals surface area (Å²) in [5, 5.41) is 8.07. The highest BCUT2D eigenvalue weighted by atomic mass is 35.5. The second kappa shape index (κ2) is 6.34. The highest BCUT2D eigenvalue weighted by Gasteiger charge is 2.17. The third kappa shape index (κ3) is 2.97. The van der Waals surface area contributed by atoms with Gasteiger partial charge in [-0.1, -0.05) is 16.8 Å². The quantitative estimate of drug-likeness (QED) is 0.557. The van der Waals surface area contributed by atoms with Crippen molar-refractivity contribution in [1.82, 2.24) is 20.1 Å². The molecule has 130 valence electrons. The first kappa shape index (κ1) is 16.4. The molecule has 0 aliphatic heterocycles. The molecular weight excluding hydrogens is 357 g/mol. The zero-order chi connectivity index (χ0) is 18.3. The molecule has 4 aromatic rings. The summed E-state index contributed by atoms with van der Waals surface area (Å²) in [4.78, 5) is 13.1. The fraction of sp³-hybridized carbons (Fsp3) is 0.111. The molecule has 3 aromatic heterocycles. The van der Waals surface area contributed by atoms with Crippen molar-refractivity contribution in [3.05, 3.63) is 58.9 Å². The van der Waals surface area contributed by atoms with E-state index in [1.807, 2.05) is 19.1 Å². The van der Waals surface area contributed by atoms with Crippen molar-refractivity contribution >= 4 is 34.0 Å². The Morgan fingerprint density at radius 2 is 1.96 bits per heavy atom. The van der Waals surface area contributed by atoms with E-state index in [4.69, 9.17) is 16.1 Å². The van der Waals surface area contributed by atoms with E-state index in [-0.39, 0.29) is 5.02 Å². The van der Waals surface area contributed by atoms with Crippen molar-refractivity contribution in [1.29, 1.82) is 0 Å². The van der Waals surface area contributed by atoms with Crippen LogP contribution in [-0.2, 0) is 0 Å². The molecule has 0 unspecified atom stereocenters. The van der Waals surface area contributed by atoms with Crippen molar-refractivity contribution in [3.8, 4) is 11.5 Å². The third-order valence-corrected chi connectivity index (χ3v) is 4.13. The Kier molecular flexibility index (Phi) is 4.00. The normalized spacial score (nSPS) is 11.1. The molecule has 0 radical (unpaired) electrons. The van der Waals surface area contributed by atoms with E-state index in [2.05, 4.69) is 25.4 Å². The van der Waals surface area contributed by atoms with Crippen LogP contribution in [0.25, 0.3) is 22.5 Å². The average Bonchev–Trinajstić information content (AvgIpc) is 3.03. The van der Waals surface area contributed by atoms with Crippen LogP contribution in [0.3, 0.4) is 0 Å². The number of nitrogens with zero attached hydrogens (tertiary/aromatic N) is 4. The Morgan fingerprint density at radius 3 is 2.69 bits per heavy atom. The minimum absolute atomic E-state index is 0.252. The molecule has 0 saturated carbocycles. The summed E-state index contributed by atoms with van der Waals surface area (Å²) in [5.74, 6) is 0.413. The molecule has 26 heavy (non-hydrogen) atoms. The summed E-state index contributed by atoms with van der Waals surface area (Å²) >= 11 is 6.17. The van der Waals surface area contributed by atoms with Crippen molar-refractivity contribution in [2.24, 2.45) is 0 Å². The summed E-state index contributed by atoms with van der Waals surface area (Å²) < 4.78 is 18.7. The van der Waals surface area contributed by atoms with Gasteiger partial charge in [0.15, 0.2) is 11.5 Å². The van der Waals surface area contributed by atoms with Crippen LogP contribution in [0.15, 0.2) is 41.1 Å². The van der Waals surface area contributed by atoms with Crippen LogP contribution in [0.4, 0.5) is 15.8 Å². The Labute approximate surface area is 153 Å². The molecule has 1 aromatic carbocycles. The van der Waals surface area contributed by atoms with Gasteiger partial charge in [-0.3, -0.25) is 0 Å². The lowest BCUT2D eigenvalue weighted by Crippen LogP contribution is -1.99. The van der Waals surface area contributed by atoms with Gasteiger partial charge in [0.1, 0.15) is 5.82 Å². The van der Waals surface area contributed by atoms with Gasteiger partial charge in [-0.2, -0.15) is 4.98 Å². The van der Waals surface area contributed by atoms with Gasteiger partial charge in [0, 0.05) is 17.3 Å². The summed E-state index contributed by atoms with van der Waals surface area (Å²) in [6.07, 6.45) is 1.61. The summed E-state index contributed by atoms with van der Waals surface area (Å²) in [5.41, 5.74) is 3.20. The zero-order valence-corrected chi connectivity index (χ0v) is 14.7. The third-order valence-electron chi connectivity index (χ3n) is 3.82. The first-order valence-electron chi connectivity index (χ1n) is 7.80. The van der Waals surface area contributed by atoms with Gasteiger partial charge in [0.05, 0.1) is 22.0 Å². The first-order chi connectivity index (χ1) is 12.5. The monoisotopic (exact) mass is 369 g/mol. The van der Waals surface area contributed by atoms with E-state index in [1.165, 1.54) is 12.1 Å². The second-order valence-electron chi connectivity index (χ2n) is 5.77. The van der Waals surface area contributed by atoms with Crippen LogP contribution in [0, 0.1) is 19.7 Å². The Balaban J connectivity index is 1.94. The number of nitrogens with one attached hydrogen (secondary N) is 1. The summed E-state index contributed by atoms with van der Waals surface area (Å²) in [6, 6.07) is 7.92. The lowest BCUT2D eigenvalue weighted by molar-refractivity contribution is 0.425. The molecule has 0 bridgehead atoms. The molecule has 1 N–H and O–H groups in total. The van der Waals surface area contributed by atoms with Crippen molar-refractivity contribution in [2.75, 3.05) is 5.32 Å². The number of aryl methyl sites for hydroxylation is 2. The molecule has 8 heteroatoms. The van der Waals surface area contributed by atoms with Crippen molar-refractivity contribution in [3.63, 3.8) is 0 Å². The number of anilines is 2. The molecular formula is C18H13ClFN5O. The molecule has 3 heterocycles. The lowest BCUT2D eigenvalue weighted by atomic mass is 10.1. The topological polar surface area (TPSA) is 76.7 Å². The molecule has 6 nitrogen and oxygen atoms in total.